The fourth-order valence-corrected chi connectivity index (χ4v) is 9.69. The standard InChI is InChI=1S/C35H49F4N7O4S/c1-4-46(24(2)3)33(47)29-17-27(36)7-10-30(29)50-31-18-40-23-41-32(31)44-21-34(22-44)12-15-43(16-13-34)19-25-5-8-28(9-6-25)42-51(48,49)45-14-11-26(20-45)35(37,38)39/h7,10,17-18,23-26,28,42H,4-6,8-9,11-16,19-22H2,1-3H3/t25-,26?,28-. The van der Waals surface area contributed by atoms with Crippen molar-refractivity contribution in [3.8, 4) is 11.5 Å². The molecule has 3 aliphatic heterocycles. The van der Waals surface area contributed by atoms with Crippen molar-refractivity contribution in [1.82, 2.24) is 28.8 Å². The van der Waals surface area contributed by atoms with Crippen molar-refractivity contribution < 1.29 is 35.5 Å². The summed E-state index contributed by atoms with van der Waals surface area (Å²) in [6.07, 6.45) is 3.65. The molecule has 11 nitrogen and oxygen atoms in total. The lowest BCUT2D eigenvalue weighted by Gasteiger charge is -2.54. The quantitative estimate of drug-likeness (QED) is 0.303. The summed E-state index contributed by atoms with van der Waals surface area (Å²) >= 11 is 0. The first-order chi connectivity index (χ1) is 24.2. The van der Waals surface area contributed by atoms with E-state index >= 15 is 0 Å². The Hall–Kier alpha value is -3.08. The molecule has 51 heavy (non-hydrogen) atoms. The minimum Gasteiger partial charge on any atom is -0.451 e. The Morgan fingerprint density at radius 1 is 1.08 bits per heavy atom. The number of nitrogens with one attached hydrogen (secondary N) is 1. The number of halogens is 4. The third-order valence-electron chi connectivity index (χ3n) is 11.2. The van der Waals surface area contributed by atoms with E-state index < -0.39 is 34.7 Å². The van der Waals surface area contributed by atoms with Gasteiger partial charge in [-0.25, -0.2) is 14.4 Å². The van der Waals surface area contributed by atoms with E-state index in [-0.39, 0.29) is 47.7 Å². The molecule has 1 saturated carbocycles. The summed E-state index contributed by atoms with van der Waals surface area (Å²) in [5.74, 6) is -0.693. The van der Waals surface area contributed by atoms with E-state index in [2.05, 4.69) is 24.5 Å². The van der Waals surface area contributed by atoms with Crippen LogP contribution in [0.25, 0.3) is 0 Å². The molecule has 1 atom stereocenters. The number of carbonyl (C=O) groups is 1. The van der Waals surface area contributed by atoms with Crippen LogP contribution in [0.2, 0.25) is 0 Å². The molecule has 16 heteroatoms. The second-order valence-corrected chi connectivity index (χ2v) is 16.7. The van der Waals surface area contributed by atoms with Crippen LogP contribution in [0, 0.1) is 23.1 Å². The van der Waals surface area contributed by atoms with Gasteiger partial charge in [0.05, 0.1) is 17.7 Å². The van der Waals surface area contributed by atoms with Crippen molar-refractivity contribution in [3.63, 3.8) is 0 Å². The SMILES string of the molecule is CCN(C(=O)c1cc(F)ccc1Oc1cncnc1N1CC2(CCN(C[C@H]3CC[C@H](NS(=O)(=O)N4CCC(C(F)(F)F)C4)CC3)CC2)C1)C(C)C. The molecule has 1 unspecified atom stereocenters. The largest absolute Gasteiger partial charge is 0.451 e. The molecule has 0 bridgehead atoms. The second kappa shape index (κ2) is 15.1. The zero-order valence-electron chi connectivity index (χ0n) is 29.5. The van der Waals surface area contributed by atoms with E-state index in [1.54, 1.807) is 11.1 Å². The number of hydrogen-bond donors (Lipinski definition) is 1. The van der Waals surface area contributed by atoms with Gasteiger partial charge in [-0.15, -0.1) is 0 Å². The number of likely N-dealkylation sites (tertiary alicyclic amines) is 1. The van der Waals surface area contributed by atoms with Gasteiger partial charge in [-0.05, 0) is 103 Å². The smallest absolute Gasteiger partial charge is 0.393 e. The fourth-order valence-electron chi connectivity index (χ4n) is 8.16. The number of nitrogens with zero attached hydrogens (tertiary/aromatic N) is 6. The number of amides is 1. The molecule has 4 aliphatic rings. The molecule has 1 aliphatic carbocycles. The summed E-state index contributed by atoms with van der Waals surface area (Å²) in [6.45, 7) is 10.1. The maximum atomic E-state index is 14.3. The summed E-state index contributed by atoms with van der Waals surface area (Å²) in [6, 6.07) is 3.63. The highest BCUT2D eigenvalue weighted by molar-refractivity contribution is 7.87. The Morgan fingerprint density at radius 2 is 1.78 bits per heavy atom. The molecule has 0 radical (unpaired) electrons. The Bertz CT molecular complexity index is 1640. The average Bonchev–Trinajstić information content (AvgIpc) is 3.59. The number of rotatable bonds is 11. The summed E-state index contributed by atoms with van der Waals surface area (Å²) in [5, 5.41) is 0. The first-order valence-corrected chi connectivity index (χ1v) is 19.5. The third-order valence-corrected chi connectivity index (χ3v) is 12.8. The van der Waals surface area contributed by atoms with Crippen LogP contribution < -0.4 is 14.4 Å². The van der Waals surface area contributed by atoms with Crippen LogP contribution in [0.3, 0.4) is 0 Å². The third kappa shape index (κ3) is 8.60. The Labute approximate surface area is 297 Å². The van der Waals surface area contributed by atoms with Gasteiger partial charge in [0.2, 0.25) is 0 Å². The fraction of sp³-hybridized carbons (Fsp3) is 0.686. The van der Waals surface area contributed by atoms with Crippen molar-refractivity contribution in [1.29, 1.82) is 0 Å². The summed E-state index contributed by atoms with van der Waals surface area (Å²) in [7, 11) is -3.94. The van der Waals surface area contributed by atoms with Crippen molar-refractivity contribution in [2.75, 3.05) is 57.3 Å². The summed E-state index contributed by atoms with van der Waals surface area (Å²) in [5.41, 5.74) is 0.304. The van der Waals surface area contributed by atoms with Gasteiger partial charge in [0.1, 0.15) is 17.9 Å². The predicted octanol–water partition coefficient (Wildman–Crippen LogP) is 5.46. The number of piperidine rings is 1. The molecule has 1 amide bonds. The van der Waals surface area contributed by atoms with E-state index in [0.29, 0.717) is 36.9 Å². The van der Waals surface area contributed by atoms with E-state index in [4.69, 9.17) is 4.74 Å². The normalized spacial score (nSPS) is 24.5. The van der Waals surface area contributed by atoms with Gasteiger partial charge in [0.25, 0.3) is 16.1 Å². The minimum absolute atomic E-state index is 0.0654. The van der Waals surface area contributed by atoms with Crippen molar-refractivity contribution in [3.05, 3.63) is 42.1 Å². The van der Waals surface area contributed by atoms with E-state index in [1.807, 2.05) is 20.8 Å². The van der Waals surface area contributed by atoms with Crippen LogP contribution >= 0.6 is 0 Å². The number of hydrogen-bond acceptors (Lipinski definition) is 8. The van der Waals surface area contributed by atoms with Gasteiger partial charge in [-0.1, -0.05) is 0 Å². The summed E-state index contributed by atoms with van der Waals surface area (Å²) < 4.78 is 88.9. The number of alkyl halides is 3. The molecule has 1 aromatic heterocycles. The zero-order valence-corrected chi connectivity index (χ0v) is 30.4. The second-order valence-electron chi connectivity index (χ2n) is 15.0. The predicted molar refractivity (Wildman–Crippen MR) is 184 cm³/mol. The monoisotopic (exact) mass is 739 g/mol. The average molecular weight is 740 g/mol. The Balaban J connectivity index is 0.974. The molecule has 4 heterocycles. The topological polar surface area (TPSA) is 111 Å². The van der Waals surface area contributed by atoms with Gasteiger partial charge < -0.3 is 19.4 Å². The molecule has 3 saturated heterocycles. The van der Waals surface area contributed by atoms with Gasteiger partial charge in [-0.2, -0.15) is 30.6 Å². The van der Waals surface area contributed by atoms with E-state index in [0.717, 1.165) is 62.7 Å². The van der Waals surface area contributed by atoms with Crippen LogP contribution in [0.1, 0.15) is 76.1 Å². The molecule has 2 aromatic rings. The maximum Gasteiger partial charge on any atom is 0.393 e. The van der Waals surface area contributed by atoms with Crippen LogP contribution in [0.5, 0.6) is 11.5 Å². The first-order valence-electron chi connectivity index (χ1n) is 18.1. The summed E-state index contributed by atoms with van der Waals surface area (Å²) in [4.78, 5) is 28.3. The van der Waals surface area contributed by atoms with Crippen LogP contribution in [-0.4, -0.2) is 109 Å². The van der Waals surface area contributed by atoms with Crippen molar-refractivity contribution >= 4 is 21.9 Å². The molecule has 1 N–H and O–H groups in total. The van der Waals surface area contributed by atoms with Gasteiger partial charge in [-0.3, -0.25) is 4.79 Å². The lowest BCUT2D eigenvalue weighted by Crippen LogP contribution is -2.61. The first kappa shape index (κ1) is 37.7. The van der Waals surface area contributed by atoms with Crippen molar-refractivity contribution in [2.45, 2.75) is 84.0 Å². The number of benzene rings is 1. The number of aromatic nitrogens is 2. The highest BCUT2D eigenvalue weighted by Crippen LogP contribution is 2.45. The zero-order chi connectivity index (χ0) is 36.6. The molecular weight excluding hydrogens is 690 g/mol. The molecule has 1 aromatic carbocycles. The Morgan fingerprint density at radius 3 is 2.41 bits per heavy atom. The van der Waals surface area contributed by atoms with Gasteiger partial charge in [0, 0.05) is 56.8 Å². The van der Waals surface area contributed by atoms with Gasteiger partial charge in [0.15, 0.2) is 11.6 Å². The number of anilines is 1. The molecule has 6 rings (SSSR count). The highest BCUT2D eigenvalue weighted by atomic mass is 32.2. The minimum atomic E-state index is -4.38. The lowest BCUT2D eigenvalue weighted by molar-refractivity contribution is -0.169. The molecular formula is C35H49F4N7O4S. The van der Waals surface area contributed by atoms with E-state index in [9.17, 15) is 30.8 Å². The van der Waals surface area contributed by atoms with Gasteiger partial charge >= 0.3 is 6.18 Å². The molecule has 1 spiro atoms. The van der Waals surface area contributed by atoms with Crippen LogP contribution in [0.4, 0.5) is 23.4 Å². The van der Waals surface area contributed by atoms with E-state index in [1.165, 1.54) is 24.5 Å². The maximum absolute atomic E-state index is 14.3. The van der Waals surface area contributed by atoms with Crippen molar-refractivity contribution in [2.24, 2.45) is 17.3 Å². The molecule has 4 fully saturated rings. The Kier molecular flexibility index (Phi) is 11.2. The molecule has 282 valence electrons. The lowest BCUT2D eigenvalue weighted by atomic mass is 9.71. The van der Waals surface area contributed by atoms with Crippen LogP contribution in [0.15, 0.2) is 30.7 Å². The number of ether oxygens (including phenoxy) is 1. The number of carbonyl (C=O) groups excluding carboxylic acids is 1. The van der Waals surface area contributed by atoms with Crippen LogP contribution in [-0.2, 0) is 10.2 Å². The highest BCUT2D eigenvalue weighted by Gasteiger charge is 2.48.